The Morgan fingerprint density at radius 2 is 1.90 bits per heavy atom. The van der Waals surface area contributed by atoms with Crippen molar-refractivity contribution in [2.75, 3.05) is 13.6 Å². The van der Waals surface area contributed by atoms with Crippen LogP contribution in [0.15, 0.2) is 53.1 Å². The molecule has 1 unspecified atom stereocenters. The largest absolute Gasteiger partial charge is 0.468 e. The molecule has 1 aromatic carbocycles. The molecule has 0 saturated carbocycles. The maximum absolute atomic E-state index is 6.12. The quantitative estimate of drug-likeness (QED) is 0.842. The molecule has 0 fully saturated rings. The van der Waals surface area contributed by atoms with Gasteiger partial charge in [-0.3, -0.25) is 4.90 Å². The van der Waals surface area contributed by atoms with Crippen molar-refractivity contribution in [2.24, 2.45) is 5.73 Å². The van der Waals surface area contributed by atoms with E-state index in [4.69, 9.17) is 10.2 Å². The number of rotatable bonds is 7. The molecule has 2 aromatic rings. The van der Waals surface area contributed by atoms with Crippen LogP contribution in [-0.4, -0.2) is 24.0 Å². The molecule has 1 heterocycles. The van der Waals surface area contributed by atoms with Gasteiger partial charge in [-0.2, -0.15) is 0 Å². The standard InChI is InChI=1S/C17H24N2O/c1-3-17(14-18,12-15-8-5-4-6-9-15)19(2)13-16-10-7-11-20-16/h4-11H,3,12-14,18H2,1-2H3. The van der Waals surface area contributed by atoms with Crippen molar-refractivity contribution >= 4 is 0 Å². The van der Waals surface area contributed by atoms with Crippen LogP contribution in [0.5, 0.6) is 0 Å². The Hall–Kier alpha value is -1.58. The number of benzene rings is 1. The van der Waals surface area contributed by atoms with E-state index in [9.17, 15) is 0 Å². The molecule has 2 N–H and O–H groups in total. The van der Waals surface area contributed by atoms with Crippen molar-refractivity contribution < 1.29 is 4.42 Å². The maximum Gasteiger partial charge on any atom is 0.117 e. The zero-order valence-corrected chi connectivity index (χ0v) is 12.4. The highest BCUT2D eigenvalue weighted by Gasteiger charge is 2.32. The summed E-state index contributed by atoms with van der Waals surface area (Å²) in [4.78, 5) is 2.32. The Bertz CT molecular complexity index is 489. The van der Waals surface area contributed by atoms with Crippen molar-refractivity contribution in [3.05, 3.63) is 60.1 Å². The van der Waals surface area contributed by atoms with Crippen molar-refractivity contribution in [2.45, 2.75) is 31.8 Å². The van der Waals surface area contributed by atoms with Gasteiger partial charge in [-0.15, -0.1) is 0 Å². The lowest BCUT2D eigenvalue weighted by Gasteiger charge is -2.40. The van der Waals surface area contributed by atoms with Crippen LogP contribution in [0, 0.1) is 0 Å². The molecule has 0 amide bonds. The first-order chi connectivity index (χ1) is 9.70. The predicted molar refractivity (Wildman–Crippen MR) is 82.4 cm³/mol. The summed E-state index contributed by atoms with van der Waals surface area (Å²) in [5.41, 5.74) is 7.42. The fraction of sp³-hybridized carbons (Fsp3) is 0.412. The minimum Gasteiger partial charge on any atom is -0.468 e. The van der Waals surface area contributed by atoms with Crippen molar-refractivity contribution in [1.29, 1.82) is 0 Å². The van der Waals surface area contributed by atoms with Crippen LogP contribution in [0.3, 0.4) is 0 Å². The van der Waals surface area contributed by atoms with E-state index in [0.29, 0.717) is 6.54 Å². The molecule has 1 aromatic heterocycles. The van der Waals surface area contributed by atoms with Gasteiger partial charge in [0.25, 0.3) is 0 Å². The first-order valence-electron chi connectivity index (χ1n) is 7.18. The third-order valence-electron chi connectivity index (χ3n) is 4.20. The van der Waals surface area contributed by atoms with E-state index in [2.05, 4.69) is 43.1 Å². The van der Waals surface area contributed by atoms with Gasteiger partial charge in [-0.1, -0.05) is 37.3 Å². The summed E-state index contributed by atoms with van der Waals surface area (Å²) in [7, 11) is 2.13. The summed E-state index contributed by atoms with van der Waals surface area (Å²) in [6.45, 7) is 3.62. The van der Waals surface area contributed by atoms with Gasteiger partial charge in [0.2, 0.25) is 0 Å². The third kappa shape index (κ3) is 3.30. The van der Waals surface area contributed by atoms with Crippen LogP contribution in [0.25, 0.3) is 0 Å². The Labute approximate surface area is 121 Å². The molecule has 108 valence electrons. The number of furan rings is 1. The molecule has 3 nitrogen and oxygen atoms in total. The highest BCUT2D eigenvalue weighted by molar-refractivity contribution is 5.18. The number of hydrogen-bond donors (Lipinski definition) is 1. The number of hydrogen-bond acceptors (Lipinski definition) is 3. The molecule has 20 heavy (non-hydrogen) atoms. The summed E-state index contributed by atoms with van der Waals surface area (Å²) in [6.07, 6.45) is 3.68. The number of nitrogens with zero attached hydrogens (tertiary/aromatic N) is 1. The third-order valence-corrected chi connectivity index (χ3v) is 4.20. The lowest BCUT2D eigenvalue weighted by molar-refractivity contribution is 0.104. The Morgan fingerprint density at radius 1 is 1.15 bits per heavy atom. The molecule has 3 heteroatoms. The second-order valence-electron chi connectivity index (χ2n) is 5.38. The monoisotopic (exact) mass is 272 g/mol. The van der Waals surface area contributed by atoms with E-state index in [0.717, 1.165) is 25.1 Å². The van der Waals surface area contributed by atoms with Crippen molar-refractivity contribution in [3.63, 3.8) is 0 Å². The number of nitrogens with two attached hydrogens (primary N) is 1. The van der Waals surface area contributed by atoms with Gasteiger partial charge < -0.3 is 10.2 Å². The van der Waals surface area contributed by atoms with Crippen LogP contribution in [0.4, 0.5) is 0 Å². The van der Waals surface area contributed by atoms with Crippen molar-refractivity contribution in [1.82, 2.24) is 4.90 Å². The maximum atomic E-state index is 6.12. The summed E-state index contributed by atoms with van der Waals surface area (Å²) in [6, 6.07) is 14.5. The molecule has 0 spiro atoms. The highest BCUT2D eigenvalue weighted by Crippen LogP contribution is 2.24. The van der Waals surface area contributed by atoms with E-state index >= 15 is 0 Å². The fourth-order valence-electron chi connectivity index (χ4n) is 2.68. The highest BCUT2D eigenvalue weighted by atomic mass is 16.3. The molecule has 0 aliphatic rings. The Morgan fingerprint density at radius 3 is 2.45 bits per heavy atom. The lowest BCUT2D eigenvalue weighted by atomic mass is 9.86. The molecule has 2 rings (SSSR count). The normalized spacial score (nSPS) is 14.4. The van der Waals surface area contributed by atoms with E-state index < -0.39 is 0 Å². The van der Waals surface area contributed by atoms with Gasteiger partial charge in [0.15, 0.2) is 0 Å². The van der Waals surface area contributed by atoms with Gasteiger partial charge in [0, 0.05) is 12.1 Å². The minimum absolute atomic E-state index is 0.0336. The topological polar surface area (TPSA) is 42.4 Å². The second-order valence-corrected chi connectivity index (χ2v) is 5.38. The number of likely N-dealkylation sites (N-methyl/N-ethyl adjacent to an activating group) is 1. The molecule has 0 radical (unpaired) electrons. The first kappa shape index (κ1) is 14.8. The summed E-state index contributed by atoms with van der Waals surface area (Å²) in [5, 5.41) is 0. The van der Waals surface area contributed by atoms with E-state index in [-0.39, 0.29) is 5.54 Å². The van der Waals surface area contributed by atoms with E-state index in [1.807, 2.05) is 18.2 Å². The zero-order valence-electron chi connectivity index (χ0n) is 12.4. The fourth-order valence-corrected chi connectivity index (χ4v) is 2.68. The summed E-state index contributed by atoms with van der Waals surface area (Å²) >= 11 is 0. The van der Waals surface area contributed by atoms with Gasteiger partial charge in [-0.05, 0) is 37.6 Å². The second kappa shape index (κ2) is 6.73. The molecular formula is C17H24N2O. The Balaban J connectivity index is 2.15. The average Bonchev–Trinajstić information content (AvgIpc) is 2.99. The van der Waals surface area contributed by atoms with Gasteiger partial charge in [-0.25, -0.2) is 0 Å². The Kier molecular flexibility index (Phi) is 4.99. The molecule has 0 saturated heterocycles. The summed E-state index contributed by atoms with van der Waals surface area (Å²) < 4.78 is 5.46. The molecule has 0 aliphatic carbocycles. The molecule has 1 atom stereocenters. The van der Waals surface area contributed by atoms with Gasteiger partial charge in [0.05, 0.1) is 12.8 Å². The van der Waals surface area contributed by atoms with Crippen molar-refractivity contribution in [3.8, 4) is 0 Å². The zero-order chi connectivity index (χ0) is 14.4. The average molecular weight is 272 g/mol. The molecule has 0 aliphatic heterocycles. The molecule has 0 bridgehead atoms. The molecular weight excluding hydrogens is 248 g/mol. The van der Waals surface area contributed by atoms with E-state index in [1.54, 1.807) is 6.26 Å². The van der Waals surface area contributed by atoms with Crippen LogP contribution in [-0.2, 0) is 13.0 Å². The van der Waals surface area contributed by atoms with E-state index in [1.165, 1.54) is 5.56 Å². The van der Waals surface area contributed by atoms with Gasteiger partial charge >= 0.3 is 0 Å². The lowest BCUT2D eigenvalue weighted by Crippen LogP contribution is -2.52. The van der Waals surface area contributed by atoms with Crippen LogP contribution < -0.4 is 5.73 Å². The smallest absolute Gasteiger partial charge is 0.117 e. The van der Waals surface area contributed by atoms with Crippen LogP contribution >= 0.6 is 0 Å². The van der Waals surface area contributed by atoms with Gasteiger partial charge in [0.1, 0.15) is 5.76 Å². The first-order valence-corrected chi connectivity index (χ1v) is 7.18. The summed E-state index contributed by atoms with van der Waals surface area (Å²) in [5.74, 6) is 0.979. The van der Waals surface area contributed by atoms with Crippen LogP contribution in [0.1, 0.15) is 24.7 Å². The van der Waals surface area contributed by atoms with Crippen LogP contribution in [0.2, 0.25) is 0 Å². The minimum atomic E-state index is -0.0336. The SMILES string of the molecule is CCC(CN)(Cc1ccccc1)N(C)Cc1ccco1. The predicted octanol–water partition coefficient (Wildman–Crippen LogP) is 3.06.